The second-order valence-electron chi connectivity index (χ2n) is 8.65. The van der Waals surface area contributed by atoms with Crippen molar-refractivity contribution in [2.24, 2.45) is 0 Å². The average molecular weight is 487 g/mol. The normalized spacial score (nSPS) is 17.1. The van der Waals surface area contributed by atoms with Crippen molar-refractivity contribution in [3.63, 3.8) is 0 Å². The van der Waals surface area contributed by atoms with Crippen LogP contribution in [0.5, 0.6) is 5.75 Å². The molecule has 1 saturated heterocycles. The molecule has 1 amide bonds. The Morgan fingerprint density at radius 1 is 1.12 bits per heavy atom. The maximum atomic E-state index is 13.4. The molecule has 2 heterocycles. The van der Waals surface area contributed by atoms with Crippen molar-refractivity contribution in [1.82, 2.24) is 4.31 Å². The first-order valence-corrected chi connectivity index (χ1v) is 12.7. The summed E-state index contributed by atoms with van der Waals surface area (Å²) in [5.74, 6) is -3.33. The van der Waals surface area contributed by atoms with Gasteiger partial charge in [0.25, 0.3) is 21.9 Å². The van der Waals surface area contributed by atoms with Gasteiger partial charge in [-0.15, -0.1) is 11.3 Å². The van der Waals surface area contributed by atoms with Crippen molar-refractivity contribution in [2.75, 3.05) is 18.4 Å². The van der Waals surface area contributed by atoms with E-state index in [1.165, 1.54) is 12.1 Å². The lowest BCUT2D eigenvalue weighted by atomic mass is 9.91. The molecule has 3 rings (SSSR count). The number of nitrogens with one attached hydrogen (secondary N) is 1. The maximum Gasteiger partial charge on any atom is 0.260 e. The van der Waals surface area contributed by atoms with Gasteiger partial charge in [0.1, 0.15) is 9.96 Å². The van der Waals surface area contributed by atoms with Gasteiger partial charge in [0.2, 0.25) is 0 Å². The number of aromatic hydroxyl groups is 1. The average Bonchev–Trinajstić information content (AvgIpc) is 3.16. The number of anilines is 1. The van der Waals surface area contributed by atoms with E-state index in [4.69, 9.17) is 0 Å². The smallest absolute Gasteiger partial charge is 0.260 e. The SMILES string of the molecule is CC(C)c1cc(C(=O)Nc2ccc(S(=O)(=O)N3CCC(F)(F)CC3)s2)c(O)c(C(C)C)c1. The summed E-state index contributed by atoms with van der Waals surface area (Å²) in [5, 5.41) is 13.6. The summed E-state index contributed by atoms with van der Waals surface area (Å²) in [6, 6.07) is 6.34. The second kappa shape index (κ2) is 9.07. The van der Waals surface area contributed by atoms with Crippen LogP contribution >= 0.6 is 11.3 Å². The fourth-order valence-corrected chi connectivity index (χ4v) is 6.31. The highest BCUT2D eigenvalue weighted by Crippen LogP contribution is 2.36. The molecule has 0 unspecified atom stereocenters. The van der Waals surface area contributed by atoms with Gasteiger partial charge in [0, 0.05) is 25.9 Å². The van der Waals surface area contributed by atoms with Gasteiger partial charge in [-0.1, -0.05) is 33.8 Å². The predicted octanol–water partition coefficient (Wildman–Crippen LogP) is 5.37. The van der Waals surface area contributed by atoms with Crippen LogP contribution in [-0.4, -0.2) is 42.7 Å². The number of phenols is 1. The molecule has 1 aromatic heterocycles. The minimum absolute atomic E-state index is 0.00986. The summed E-state index contributed by atoms with van der Waals surface area (Å²) in [5.41, 5.74) is 1.70. The van der Waals surface area contributed by atoms with E-state index >= 15 is 0 Å². The number of thiophene rings is 1. The van der Waals surface area contributed by atoms with Crippen molar-refractivity contribution < 1.29 is 27.1 Å². The molecule has 0 spiro atoms. The van der Waals surface area contributed by atoms with Crippen molar-refractivity contribution in [2.45, 2.75) is 62.5 Å². The Morgan fingerprint density at radius 3 is 2.31 bits per heavy atom. The summed E-state index contributed by atoms with van der Waals surface area (Å²) < 4.78 is 53.4. The Morgan fingerprint density at radius 2 is 1.75 bits per heavy atom. The topological polar surface area (TPSA) is 86.7 Å². The first-order valence-electron chi connectivity index (χ1n) is 10.5. The first-order chi connectivity index (χ1) is 14.8. The lowest BCUT2D eigenvalue weighted by Crippen LogP contribution is -2.42. The Labute approximate surface area is 191 Å². The third-order valence-corrected chi connectivity index (χ3v) is 8.93. The molecule has 2 N–H and O–H groups in total. The number of hydrogen-bond acceptors (Lipinski definition) is 5. The lowest BCUT2D eigenvalue weighted by molar-refractivity contribution is -0.0411. The van der Waals surface area contributed by atoms with Crippen molar-refractivity contribution >= 4 is 32.3 Å². The van der Waals surface area contributed by atoms with E-state index in [9.17, 15) is 27.1 Å². The van der Waals surface area contributed by atoms with Crippen LogP contribution in [0.2, 0.25) is 0 Å². The number of carbonyl (C=O) groups excluding carboxylic acids is 1. The number of alkyl halides is 2. The first kappa shape index (κ1) is 24.6. The molecule has 176 valence electrons. The number of carbonyl (C=O) groups is 1. The van der Waals surface area contributed by atoms with E-state index in [-0.39, 0.29) is 45.4 Å². The molecule has 0 radical (unpaired) electrons. The third kappa shape index (κ3) is 5.13. The van der Waals surface area contributed by atoms with E-state index in [1.54, 1.807) is 6.07 Å². The molecule has 2 aromatic rings. The monoisotopic (exact) mass is 486 g/mol. The molecule has 10 heteroatoms. The third-order valence-electron chi connectivity index (χ3n) is 5.56. The van der Waals surface area contributed by atoms with Crippen LogP contribution in [0.15, 0.2) is 28.5 Å². The van der Waals surface area contributed by atoms with E-state index in [0.29, 0.717) is 5.56 Å². The molecule has 1 aliphatic rings. The molecule has 0 atom stereocenters. The van der Waals surface area contributed by atoms with Crippen LogP contribution in [0.4, 0.5) is 13.8 Å². The summed E-state index contributed by atoms with van der Waals surface area (Å²) in [4.78, 5) is 12.9. The van der Waals surface area contributed by atoms with Crippen LogP contribution < -0.4 is 5.32 Å². The van der Waals surface area contributed by atoms with E-state index in [1.807, 2.05) is 33.8 Å². The number of rotatable bonds is 6. The largest absolute Gasteiger partial charge is 0.507 e. The minimum atomic E-state index is -3.92. The summed E-state index contributed by atoms with van der Waals surface area (Å²) >= 11 is 0.853. The molecule has 32 heavy (non-hydrogen) atoms. The van der Waals surface area contributed by atoms with Crippen LogP contribution in [0.3, 0.4) is 0 Å². The Balaban J connectivity index is 1.82. The number of phenolic OH excluding ortho intramolecular Hbond substituents is 1. The van der Waals surface area contributed by atoms with Crippen LogP contribution in [0.1, 0.15) is 73.9 Å². The van der Waals surface area contributed by atoms with Crippen LogP contribution in [0, 0.1) is 0 Å². The highest BCUT2D eigenvalue weighted by atomic mass is 32.2. The molecule has 0 saturated carbocycles. The van der Waals surface area contributed by atoms with Crippen molar-refractivity contribution in [3.8, 4) is 5.75 Å². The zero-order valence-electron chi connectivity index (χ0n) is 18.5. The molecule has 1 aliphatic heterocycles. The Bertz CT molecular complexity index is 1100. The van der Waals surface area contributed by atoms with Crippen LogP contribution in [-0.2, 0) is 10.0 Å². The van der Waals surface area contributed by atoms with Gasteiger partial charge in [0.05, 0.1) is 10.6 Å². The maximum absolute atomic E-state index is 13.4. The van der Waals surface area contributed by atoms with Gasteiger partial charge in [-0.3, -0.25) is 4.79 Å². The second-order valence-corrected chi connectivity index (χ2v) is 11.9. The quantitative estimate of drug-likeness (QED) is 0.575. The number of hydrogen-bond donors (Lipinski definition) is 2. The highest BCUT2D eigenvalue weighted by Gasteiger charge is 2.39. The molecule has 1 fully saturated rings. The van der Waals surface area contributed by atoms with Gasteiger partial charge < -0.3 is 10.4 Å². The van der Waals surface area contributed by atoms with E-state index in [2.05, 4.69) is 5.32 Å². The predicted molar refractivity (Wildman–Crippen MR) is 121 cm³/mol. The summed E-state index contributed by atoms with van der Waals surface area (Å²) in [6.45, 7) is 7.34. The zero-order valence-corrected chi connectivity index (χ0v) is 20.1. The zero-order chi connectivity index (χ0) is 23.8. The fraction of sp³-hybridized carbons (Fsp3) is 0.500. The molecule has 0 aliphatic carbocycles. The molecule has 0 bridgehead atoms. The van der Waals surface area contributed by atoms with Gasteiger partial charge in [-0.25, -0.2) is 17.2 Å². The number of piperidine rings is 1. The van der Waals surface area contributed by atoms with Crippen molar-refractivity contribution in [3.05, 3.63) is 41.0 Å². The van der Waals surface area contributed by atoms with Crippen LogP contribution in [0.25, 0.3) is 0 Å². The standard InChI is InChI=1S/C22H28F2N2O4S2/c1-13(2)15-11-16(14(3)4)20(27)17(12-15)21(28)25-18-5-6-19(31-18)32(29,30)26-9-7-22(23,24)8-10-26/h5-6,11-14,27H,7-10H2,1-4H3,(H,25,28). The number of sulfonamides is 1. The fourth-order valence-electron chi connectivity index (χ4n) is 3.51. The molecule has 6 nitrogen and oxygen atoms in total. The van der Waals surface area contributed by atoms with Gasteiger partial charge >= 0.3 is 0 Å². The molecular weight excluding hydrogens is 458 g/mol. The lowest BCUT2D eigenvalue weighted by Gasteiger charge is -2.30. The molecule has 1 aromatic carbocycles. The number of amides is 1. The number of halogens is 2. The van der Waals surface area contributed by atoms with E-state index < -0.39 is 34.7 Å². The minimum Gasteiger partial charge on any atom is -0.507 e. The Hall–Kier alpha value is -2.04. The van der Waals surface area contributed by atoms with Gasteiger partial charge in [-0.05, 0) is 41.2 Å². The summed E-state index contributed by atoms with van der Waals surface area (Å²) in [7, 11) is -3.92. The van der Waals surface area contributed by atoms with Crippen molar-refractivity contribution in [1.29, 1.82) is 0 Å². The number of nitrogens with zero attached hydrogens (tertiary/aromatic N) is 1. The number of benzene rings is 1. The molecular formula is C22H28F2N2O4S2. The van der Waals surface area contributed by atoms with Gasteiger partial charge in [-0.2, -0.15) is 4.31 Å². The summed E-state index contributed by atoms with van der Waals surface area (Å²) in [6.07, 6.45) is -1.02. The van der Waals surface area contributed by atoms with E-state index in [0.717, 1.165) is 21.2 Å². The highest BCUT2D eigenvalue weighted by molar-refractivity contribution is 7.91. The Kier molecular flexibility index (Phi) is 6.97. The van der Waals surface area contributed by atoms with Gasteiger partial charge in [0.15, 0.2) is 0 Å².